The smallest absolute Gasteiger partial charge is 0.294 e. The van der Waals surface area contributed by atoms with Gasteiger partial charge in [-0.1, -0.05) is 36.7 Å². The van der Waals surface area contributed by atoms with Gasteiger partial charge in [-0.2, -0.15) is 13.2 Å². The first-order chi connectivity index (χ1) is 7.82. The Morgan fingerprint density at radius 3 is 1.82 bits per heavy atom. The Bertz CT molecular complexity index is 194. The van der Waals surface area contributed by atoms with Gasteiger partial charge in [0.2, 0.25) is 0 Å². The van der Waals surface area contributed by atoms with Crippen molar-refractivity contribution in [3.63, 3.8) is 0 Å². The SMILES string of the molecule is CCCN(CC(F)(F)F)CC(CC)(CC)CBr. The van der Waals surface area contributed by atoms with E-state index in [4.69, 9.17) is 0 Å². The molecule has 0 aliphatic heterocycles. The van der Waals surface area contributed by atoms with Crippen molar-refractivity contribution in [2.45, 2.75) is 46.2 Å². The van der Waals surface area contributed by atoms with Crippen molar-refractivity contribution in [2.75, 3.05) is 25.0 Å². The first kappa shape index (κ1) is 17.2. The van der Waals surface area contributed by atoms with Gasteiger partial charge in [-0.15, -0.1) is 0 Å². The molecule has 0 saturated carbocycles. The molecule has 0 aliphatic carbocycles. The number of hydrogen-bond acceptors (Lipinski definition) is 1. The number of halogens is 4. The highest BCUT2D eigenvalue weighted by Gasteiger charge is 2.34. The van der Waals surface area contributed by atoms with Crippen LogP contribution in [0.3, 0.4) is 0 Å². The van der Waals surface area contributed by atoms with Gasteiger partial charge in [-0.05, 0) is 31.2 Å². The van der Waals surface area contributed by atoms with Crippen molar-refractivity contribution in [1.29, 1.82) is 0 Å². The summed E-state index contributed by atoms with van der Waals surface area (Å²) in [6.07, 6.45) is -1.56. The minimum Gasteiger partial charge on any atom is -0.294 e. The van der Waals surface area contributed by atoms with E-state index < -0.39 is 12.7 Å². The highest BCUT2D eigenvalue weighted by atomic mass is 79.9. The molecule has 0 bridgehead atoms. The summed E-state index contributed by atoms with van der Waals surface area (Å²) in [5.74, 6) is 0. The fourth-order valence-corrected chi connectivity index (χ4v) is 2.93. The molecule has 17 heavy (non-hydrogen) atoms. The lowest BCUT2D eigenvalue weighted by molar-refractivity contribution is -0.149. The molecule has 0 unspecified atom stereocenters. The van der Waals surface area contributed by atoms with Gasteiger partial charge in [-0.3, -0.25) is 4.90 Å². The van der Waals surface area contributed by atoms with E-state index in [-0.39, 0.29) is 5.41 Å². The van der Waals surface area contributed by atoms with Crippen LogP contribution in [0.15, 0.2) is 0 Å². The van der Waals surface area contributed by atoms with E-state index in [1.165, 1.54) is 4.90 Å². The first-order valence-corrected chi connectivity index (χ1v) is 7.29. The zero-order valence-electron chi connectivity index (χ0n) is 10.9. The molecule has 0 fully saturated rings. The van der Waals surface area contributed by atoms with Gasteiger partial charge in [0.15, 0.2) is 0 Å². The van der Waals surface area contributed by atoms with Crippen LogP contribution in [0.1, 0.15) is 40.0 Å². The van der Waals surface area contributed by atoms with E-state index in [1.807, 2.05) is 20.8 Å². The van der Waals surface area contributed by atoms with Crippen molar-refractivity contribution in [1.82, 2.24) is 4.90 Å². The molecule has 1 nitrogen and oxygen atoms in total. The third-order valence-corrected chi connectivity index (χ3v) is 4.47. The number of nitrogens with zero attached hydrogens (tertiary/aromatic N) is 1. The summed E-state index contributed by atoms with van der Waals surface area (Å²) >= 11 is 3.44. The molecule has 0 aromatic rings. The predicted molar refractivity (Wildman–Crippen MR) is 69.6 cm³/mol. The zero-order chi connectivity index (χ0) is 13.5. The Morgan fingerprint density at radius 1 is 1.00 bits per heavy atom. The van der Waals surface area contributed by atoms with Crippen LogP contribution in [0.2, 0.25) is 0 Å². The molecule has 5 heteroatoms. The van der Waals surface area contributed by atoms with Gasteiger partial charge in [0, 0.05) is 11.9 Å². The zero-order valence-corrected chi connectivity index (χ0v) is 12.5. The predicted octanol–water partition coefficient (Wildman–Crippen LogP) is 4.46. The van der Waals surface area contributed by atoms with Crippen molar-refractivity contribution >= 4 is 15.9 Å². The molecule has 0 atom stereocenters. The summed E-state index contributed by atoms with van der Waals surface area (Å²) in [5.41, 5.74) is -0.0413. The second-order valence-corrected chi connectivity index (χ2v) is 5.23. The van der Waals surface area contributed by atoms with E-state index in [0.29, 0.717) is 13.1 Å². The topological polar surface area (TPSA) is 3.24 Å². The second-order valence-electron chi connectivity index (χ2n) is 4.67. The van der Waals surface area contributed by atoms with E-state index in [2.05, 4.69) is 15.9 Å². The Morgan fingerprint density at radius 2 is 1.53 bits per heavy atom. The third kappa shape index (κ3) is 6.65. The van der Waals surface area contributed by atoms with Crippen LogP contribution >= 0.6 is 15.9 Å². The highest BCUT2D eigenvalue weighted by Crippen LogP contribution is 2.31. The molecule has 104 valence electrons. The van der Waals surface area contributed by atoms with Gasteiger partial charge >= 0.3 is 6.18 Å². The number of alkyl halides is 4. The summed E-state index contributed by atoms with van der Waals surface area (Å²) < 4.78 is 37.4. The van der Waals surface area contributed by atoms with E-state index in [1.54, 1.807) is 0 Å². The van der Waals surface area contributed by atoms with Crippen LogP contribution in [0.4, 0.5) is 13.2 Å². The standard InChI is InChI=1S/C12H23BrF3N/c1-4-7-17(10-12(14,15)16)9-11(5-2,6-3)8-13/h4-10H2,1-3H3. The van der Waals surface area contributed by atoms with Crippen LogP contribution < -0.4 is 0 Å². The third-order valence-electron chi connectivity index (χ3n) is 3.29. The summed E-state index contributed by atoms with van der Waals surface area (Å²) in [7, 11) is 0. The van der Waals surface area contributed by atoms with Crippen LogP contribution in [0.5, 0.6) is 0 Å². The van der Waals surface area contributed by atoms with Crippen LogP contribution in [0.25, 0.3) is 0 Å². The minimum atomic E-state index is -4.10. The van der Waals surface area contributed by atoms with E-state index in [9.17, 15) is 13.2 Å². The maximum Gasteiger partial charge on any atom is 0.401 e. The maximum atomic E-state index is 12.5. The van der Waals surface area contributed by atoms with E-state index >= 15 is 0 Å². The molecule has 0 radical (unpaired) electrons. The molecule has 0 aliphatic rings. The van der Waals surface area contributed by atoms with E-state index in [0.717, 1.165) is 24.6 Å². The van der Waals surface area contributed by atoms with Crippen molar-refractivity contribution < 1.29 is 13.2 Å². The molecule has 0 aromatic carbocycles. The average molecular weight is 318 g/mol. The average Bonchev–Trinajstić information content (AvgIpc) is 2.24. The molecule has 0 aromatic heterocycles. The molecular formula is C12H23BrF3N. The van der Waals surface area contributed by atoms with Gasteiger partial charge < -0.3 is 0 Å². The summed E-state index contributed by atoms with van der Waals surface area (Å²) in [6, 6.07) is 0. The fourth-order valence-electron chi connectivity index (χ4n) is 1.96. The molecule has 0 saturated heterocycles. The lowest BCUT2D eigenvalue weighted by Gasteiger charge is -2.36. The monoisotopic (exact) mass is 317 g/mol. The number of rotatable bonds is 8. The lowest BCUT2D eigenvalue weighted by atomic mass is 9.84. The van der Waals surface area contributed by atoms with Gasteiger partial charge in [-0.25, -0.2) is 0 Å². The van der Waals surface area contributed by atoms with Crippen molar-refractivity contribution in [2.24, 2.45) is 5.41 Å². The van der Waals surface area contributed by atoms with Gasteiger partial charge in [0.05, 0.1) is 6.54 Å². The normalized spacial score (nSPS) is 13.4. The minimum absolute atomic E-state index is 0.0413. The Kier molecular flexibility index (Phi) is 7.72. The lowest BCUT2D eigenvalue weighted by Crippen LogP contribution is -2.43. The second kappa shape index (κ2) is 7.62. The highest BCUT2D eigenvalue weighted by molar-refractivity contribution is 9.09. The molecular weight excluding hydrogens is 295 g/mol. The molecule has 0 spiro atoms. The van der Waals surface area contributed by atoms with Crippen LogP contribution in [-0.2, 0) is 0 Å². The van der Waals surface area contributed by atoms with Crippen molar-refractivity contribution in [3.05, 3.63) is 0 Å². The summed E-state index contributed by atoms with van der Waals surface area (Å²) in [6.45, 7) is 6.23. The van der Waals surface area contributed by atoms with Gasteiger partial charge in [0.25, 0.3) is 0 Å². The maximum absolute atomic E-state index is 12.5. The Balaban J connectivity index is 4.60. The molecule has 0 N–H and O–H groups in total. The quantitative estimate of drug-likeness (QED) is 0.597. The van der Waals surface area contributed by atoms with Crippen LogP contribution in [-0.4, -0.2) is 36.0 Å². The Hall–Kier alpha value is 0.230. The largest absolute Gasteiger partial charge is 0.401 e. The summed E-state index contributed by atoms with van der Waals surface area (Å²) in [4.78, 5) is 1.54. The molecule has 0 heterocycles. The summed E-state index contributed by atoms with van der Waals surface area (Å²) in [5, 5.41) is 0.755. The van der Waals surface area contributed by atoms with Gasteiger partial charge in [0.1, 0.15) is 0 Å². The number of hydrogen-bond donors (Lipinski definition) is 0. The van der Waals surface area contributed by atoms with Crippen molar-refractivity contribution in [3.8, 4) is 0 Å². The Labute approximate surface area is 111 Å². The molecule has 0 amide bonds. The first-order valence-electron chi connectivity index (χ1n) is 6.17. The van der Waals surface area contributed by atoms with Crippen LogP contribution in [0, 0.1) is 5.41 Å². The fraction of sp³-hybridized carbons (Fsp3) is 1.00. The molecule has 0 rings (SSSR count).